The summed E-state index contributed by atoms with van der Waals surface area (Å²) >= 11 is 1.26. The minimum Gasteiger partial charge on any atom is -0.476 e. The van der Waals surface area contributed by atoms with Crippen molar-refractivity contribution in [1.82, 2.24) is 14.5 Å². The quantitative estimate of drug-likeness (QED) is 0.265. The number of carboxylic acids is 1. The highest BCUT2D eigenvalue weighted by atomic mass is 32.2. The highest BCUT2D eigenvalue weighted by Crippen LogP contribution is 2.36. The van der Waals surface area contributed by atoms with E-state index in [1.165, 1.54) is 41.1 Å². The van der Waals surface area contributed by atoms with Crippen LogP contribution in [0.4, 0.5) is 5.69 Å². The van der Waals surface area contributed by atoms with Crippen LogP contribution in [0.5, 0.6) is 11.6 Å². The fourth-order valence-corrected chi connectivity index (χ4v) is 5.75. The molecule has 0 radical (unpaired) electrons. The predicted octanol–water partition coefficient (Wildman–Crippen LogP) is 4.98. The molecule has 12 heteroatoms. The van der Waals surface area contributed by atoms with Crippen molar-refractivity contribution in [3.05, 3.63) is 81.7 Å². The summed E-state index contributed by atoms with van der Waals surface area (Å²) in [6.07, 6.45) is 0. The standard InChI is InChI=1S/C26H26N4O6S2/c1-15(2)29-38(34,35)22-14-18(27-24(31)21-10-7-13-37-21)11-12-20(22)36-25-17(4)23(26(32)33)28-30(25)19-9-6-5-8-16(19)3/h5-15,29H,1-4H3,(H,27,31)(H,32,33). The molecule has 38 heavy (non-hydrogen) atoms. The summed E-state index contributed by atoms with van der Waals surface area (Å²) in [5.74, 6) is -1.65. The maximum absolute atomic E-state index is 13.3. The Bertz CT molecular complexity index is 1610. The molecule has 0 aliphatic heterocycles. The van der Waals surface area contributed by atoms with E-state index < -0.39 is 22.0 Å². The number of carbonyl (C=O) groups excluding carboxylic acids is 1. The Balaban J connectivity index is 1.83. The Hall–Kier alpha value is -4.00. The van der Waals surface area contributed by atoms with Crippen LogP contribution >= 0.6 is 11.3 Å². The zero-order chi connectivity index (χ0) is 27.6. The average molecular weight is 555 g/mol. The fraction of sp³-hybridized carbons (Fsp3) is 0.192. The van der Waals surface area contributed by atoms with Crippen LogP contribution in [0.3, 0.4) is 0 Å². The number of aromatic carboxylic acids is 1. The number of thiophene rings is 1. The molecular weight excluding hydrogens is 528 g/mol. The monoisotopic (exact) mass is 554 g/mol. The summed E-state index contributed by atoms with van der Waals surface area (Å²) in [7, 11) is -4.10. The number of aryl methyl sites for hydroxylation is 1. The van der Waals surface area contributed by atoms with Gasteiger partial charge in [0.2, 0.25) is 15.9 Å². The molecule has 0 saturated carbocycles. The van der Waals surface area contributed by atoms with Crippen molar-refractivity contribution < 1.29 is 27.9 Å². The molecule has 10 nitrogen and oxygen atoms in total. The minimum absolute atomic E-state index is 0.0491. The molecular formula is C26H26N4O6S2. The number of carboxylic acid groups (broad SMARTS) is 1. The largest absolute Gasteiger partial charge is 0.476 e. The summed E-state index contributed by atoms with van der Waals surface area (Å²) in [6.45, 7) is 6.73. The fourth-order valence-electron chi connectivity index (χ4n) is 3.73. The van der Waals surface area contributed by atoms with Gasteiger partial charge < -0.3 is 15.2 Å². The Morgan fingerprint density at radius 2 is 1.82 bits per heavy atom. The van der Waals surface area contributed by atoms with Gasteiger partial charge in [-0.05, 0) is 69.0 Å². The summed E-state index contributed by atoms with van der Waals surface area (Å²) in [6, 6.07) is 14.4. The zero-order valence-electron chi connectivity index (χ0n) is 21.1. The van der Waals surface area contributed by atoms with Crippen molar-refractivity contribution in [1.29, 1.82) is 0 Å². The Labute approximate surface area is 223 Å². The molecule has 0 bridgehead atoms. The molecule has 0 atom stereocenters. The maximum atomic E-state index is 13.3. The molecule has 0 aliphatic rings. The van der Waals surface area contributed by atoms with E-state index in [0.717, 1.165) is 5.56 Å². The molecule has 2 aromatic heterocycles. The van der Waals surface area contributed by atoms with Gasteiger partial charge in [-0.1, -0.05) is 24.3 Å². The lowest BCUT2D eigenvalue weighted by Gasteiger charge is -2.17. The number of ether oxygens (including phenoxy) is 1. The van der Waals surface area contributed by atoms with Crippen molar-refractivity contribution in [2.45, 2.75) is 38.6 Å². The van der Waals surface area contributed by atoms with E-state index in [9.17, 15) is 23.1 Å². The average Bonchev–Trinajstić information content (AvgIpc) is 3.49. The van der Waals surface area contributed by atoms with Gasteiger partial charge in [0.05, 0.1) is 10.6 Å². The van der Waals surface area contributed by atoms with Crippen LogP contribution in [-0.2, 0) is 10.0 Å². The van der Waals surface area contributed by atoms with E-state index in [1.54, 1.807) is 43.5 Å². The molecule has 2 aromatic carbocycles. The normalized spacial score (nSPS) is 11.5. The number of amides is 1. The molecule has 4 aromatic rings. The Kier molecular flexibility index (Phi) is 7.67. The number of nitrogens with one attached hydrogen (secondary N) is 2. The van der Waals surface area contributed by atoms with Gasteiger partial charge in [-0.3, -0.25) is 4.79 Å². The van der Waals surface area contributed by atoms with E-state index in [4.69, 9.17) is 4.74 Å². The van der Waals surface area contributed by atoms with E-state index in [0.29, 0.717) is 10.6 Å². The summed E-state index contributed by atoms with van der Waals surface area (Å²) in [5.41, 5.74) is 1.61. The lowest BCUT2D eigenvalue weighted by Crippen LogP contribution is -2.30. The minimum atomic E-state index is -4.10. The number of para-hydroxylation sites is 1. The van der Waals surface area contributed by atoms with Gasteiger partial charge in [-0.2, -0.15) is 9.78 Å². The van der Waals surface area contributed by atoms with Crippen molar-refractivity contribution in [3.63, 3.8) is 0 Å². The second-order valence-corrected chi connectivity index (χ2v) is 11.4. The van der Waals surface area contributed by atoms with Gasteiger partial charge in [0.25, 0.3) is 5.91 Å². The third kappa shape index (κ3) is 5.62. The van der Waals surface area contributed by atoms with E-state index in [2.05, 4.69) is 15.1 Å². The number of anilines is 1. The summed E-state index contributed by atoms with van der Waals surface area (Å²) in [5, 5.41) is 18.4. The molecule has 0 aliphatic carbocycles. The highest BCUT2D eigenvalue weighted by molar-refractivity contribution is 7.89. The molecule has 3 N–H and O–H groups in total. The van der Waals surface area contributed by atoms with Gasteiger partial charge in [0.15, 0.2) is 5.69 Å². The molecule has 0 fully saturated rings. The van der Waals surface area contributed by atoms with Crippen LogP contribution in [0, 0.1) is 13.8 Å². The van der Waals surface area contributed by atoms with E-state index in [-0.39, 0.29) is 39.4 Å². The number of aromatic nitrogens is 2. The summed E-state index contributed by atoms with van der Waals surface area (Å²) in [4.78, 5) is 24.7. The van der Waals surface area contributed by atoms with Crippen LogP contribution in [0.1, 0.15) is 45.1 Å². The molecule has 0 unspecified atom stereocenters. The molecule has 4 rings (SSSR count). The zero-order valence-corrected chi connectivity index (χ0v) is 22.7. The lowest BCUT2D eigenvalue weighted by atomic mass is 10.2. The third-order valence-corrected chi connectivity index (χ3v) is 8.00. The number of carbonyl (C=O) groups is 2. The first-order valence-electron chi connectivity index (χ1n) is 11.6. The number of sulfonamides is 1. The van der Waals surface area contributed by atoms with E-state index >= 15 is 0 Å². The highest BCUT2D eigenvalue weighted by Gasteiger charge is 2.27. The number of rotatable bonds is 9. The Morgan fingerprint density at radius 3 is 2.45 bits per heavy atom. The third-order valence-electron chi connectivity index (χ3n) is 5.45. The van der Waals surface area contributed by atoms with Gasteiger partial charge in [-0.15, -0.1) is 11.3 Å². The molecule has 0 spiro atoms. The van der Waals surface area contributed by atoms with Crippen LogP contribution < -0.4 is 14.8 Å². The first-order valence-corrected chi connectivity index (χ1v) is 13.9. The maximum Gasteiger partial charge on any atom is 0.356 e. The smallest absolute Gasteiger partial charge is 0.356 e. The number of hydrogen-bond donors (Lipinski definition) is 3. The second-order valence-electron chi connectivity index (χ2n) is 8.75. The van der Waals surface area contributed by atoms with Crippen LogP contribution in [0.15, 0.2) is 64.9 Å². The van der Waals surface area contributed by atoms with Crippen LogP contribution in [-0.4, -0.2) is 41.2 Å². The first-order chi connectivity index (χ1) is 18.0. The van der Waals surface area contributed by atoms with Crippen molar-refractivity contribution in [3.8, 4) is 17.3 Å². The van der Waals surface area contributed by atoms with Crippen LogP contribution in [0.2, 0.25) is 0 Å². The van der Waals surface area contributed by atoms with Crippen LogP contribution in [0.25, 0.3) is 5.69 Å². The van der Waals surface area contributed by atoms with Crippen molar-refractivity contribution in [2.24, 2.45) is 0 Å². The van der Waals surface area contributed by atoms with Crippen molar-refractivity contribution >= 4 is 38.9 Å². The van der Waals surface area contributed by atoms with Gasteiger partial charge in [0, 0.05) is 17.3 Å². The van der Waals surface area contributed by atoms with Gasteiger partial charge in [-0.25, -0.2) is 17.9 Å². The SMILES string of the molecule is Cc1ccccc1-n1nc(C(=O)O)c(C)c1Oc1ccc(NC(=O)c2cccs2)cc1S(=O)(=O)NC(C)C. The number of nitrogens with zero attached hydrogens (tertiary/aromatic N) is 2. The molecule has 2 heterocycles. The van der Waals surface area contributed by atoms with Crippen molar-refractivity contribution in [2.75, 3.05) is 5.32 Å². The number of benzene rings is 2. The summed E-state index contributed by atoms with van der Waals surface area (Å²) < 4.78 is 36.6. The van der Waals surface area contributed by atoms with E-state index in [1.807, 2.05) is 19.1 Å². The Morgan fingerprint density at radius 1 is 1.08 bits per heavy atom. The molecule has 0 saturated heterocycles. The predicted molar refractivity (Wildman–Crippen MR) is 144 cm³/mol. The molecule has 198 valence electrons. The first kappa shape index (κ1) is 27.0. The van der Waals surface area contributed by atoms with Gasteiger partial charge in [0.1, 0.15) is 10.6 Å². The van der Waals surface area contributed by atoms with Gasteiger partial charge >= 0.3 is 5.97 Å². The number of hydrogen-bond acceptors (Lipinski definition) is 7. The second kappa shape index (κ2) is 10.8. The molecule has 1 amide bonds. The topological polar surface area (TPSA) is 140 Å². The lowest BCUT2D eigenvalue weighted by molar-refractivity contribution is 0.0689.